The SMILES string of the molecule is COC(=O)c1ccc(/C(C#N)=C(/c2ccc(OC)cc2)N2CCC(O)CC2)cc1. The number of esters is 1. The molecule has 0 unspecified atom stereocenters. The van der Waals surface area contributed by atoms with Gasteiger partial charge in [-0.2, -0.15) is 5.26 Å². The second kappa shape index (κ2) is 9.26. The summed E-state index contributed by atoms with van der Waals surface area (Å²) in [6.07, 6.45) is 0.993. The number of aliphatic hydroxyl groups excluding tert-OH is 1. The zero-order chi connectivity index (χ0) is 20.8. The molecular weight excluding hydrogens is 368 g/mol. The van der Waals surface area contributed by atoms with Crippen molar-refractivity contribution in [2.75, 3.05) is 27.3 Å². The number of methoxy groups -OCH3 is 2. The van der Waals surface area contributed by atoms with Crippen LogP contribution in [0.3, 0.4) is 0 Å². The number of hydrogen-bond donors (Lipinski definition) is 1. The highest BCUT2D eigenvalue weighted by Gasteiger charge is 2.23. The predicted molar refractivity (Wildman–Crippen MR) is 110 cm³/mol. The normalized spacial score (nSPS) is 15.3. The monoisotopic (exact) mass is 392 g/mol. The van der Waals surface area contributed by atoms with Crippen LogP contribution in [0.15, 0.2) is 48.5 Å². The van der Waals surface area contributed by atoms with E-state index >= 15 is 0 Å². The van der Waals surface area contributed by atoms with Crippen LogP contribution in [0.4, 0.5) is 0 Å². The van der Waals surface area contributed by atoms with Crippen LogP contribution in [0.5, 0.6) is 5.75 Å². The molecule has 6 nitrogen and oxygen atoms in total. The van der Waals surface area contributed by atoms with E-state index in [4.69, 9.17) is 9.47 Å². The third-order valence-corrected chi connectivity index (χ3v) is 5.09. The van der Waals surface area contributed by atoms with E-state index in [-0.39, 0.29) is 6.10 Å². The molecule has 2 aromatic carbocycles. The zero-order valence-corrected chi connectivity index (χ0v) is 16.6. The van der Waals surface area contributed by atoms with Crippen LogP contribution in [0, 0.1) is 11.3 Å². The number of nitriles is 1. The Morgan fingerprint density at radius 2 is 1.55 bits per heavy atom. The molecule has 1 N–H and O–H groups in total. The van der Waals surface area contributed by atoms with E-state index in [9.17, 15) is 15.2 Å². The molecule has 0 radical (unpaired) electrons. The number of hydrogen-bond acceptors (Lipinski definition) is 6. The van der Waals surface area contributed by atoms with E-state index in [1.807, 2.05) is 24.3 Å². The van der Waals surface area contributed by atoms with Gasteiger partial charge >= 0.3 is 5.97 Å². The van der Waals surface area contributed by atoms with E-state index in [2.05, 4.69) is 11.0 Å². The van der Waals surface area contributed by atoms with Crippen molar-refractivity contribution in [2.24, 2.45) is 0 Å². The number of likely N-dealkylation sites (tertiary alicyclic amines) is 1. The first-order valence-corrected chi connectivity index (χ1v) is 9.48. The molecule has 0 spiro atoms. The van der Waals surface area contributed by atoms with Gasteiger partial charge in [0.1, 0.15) is 11.8 Å². The summed E-state index contributed by atoms with van der Waals surface area (Å²) in [6, 6.07) is 16.8. The van der Waals surface area contributed by atoms with Gasteiger partial charge in [-0.3, -0.25) is 0 Å². The standard InChI is InChI=1S/C23H24N2O4/c1-28-20-9-7-17(8-10-20)22(25-13-11-19(26)12-14-25)21(15-24)16-3-5-18(6-4-16)23(27)29-2/h3-10,19,26H,11-14H2,1-2H3/b22-21-. The quantitative estimate of drug-likeness (QED) is 0.477. The van der Waals surface area contributed by atoms with Gasteiger partial charge < -0.3 is 19.5 Å². The summed E-state index contributed by atoms with van der Waals surface area (Å²) in [4.78, 5) is 13.9. The van der Waals surface area contributed by atoms with Crippen molar-refractivity contribution >= 4 is 17.2 Å². The van der Waals surface area contributed by atoms with Crippen LogP contribution in [0.2, 0.25) is 0 Å². The number of piperidine rings is 1. The van der Waals surface area contributed by atoms with E-state index in [0.29, 0.717) is 37.1 Å². The molecule has 0 aromatic heterocycles. The lowest BCUT2D eigenvalue weighted by atomic mass is 9.96. The molecule has 29 heavy (non-hydrogen) atoms. The number of ether oxygens (including phenoxy) is 2. The molecule has 0 amide bonds. The number of nitrogens with zero attached hydrogens (tertiary/aromatic N) is 2. The number of aliphatic hydroxyl groups is 1. The number of allylic oxidation sites excluding steroid dienone is 1. The van der Waals surface area contributed by atoms with Gasteiger partial charge in [-0.25, -0.2) is 4.79 Å². The highest BCUT2D eigenvalue weighted by Crippen LogP contribution is 2.32. The Kier molecular flexibility index (Phi) is 6.53. The lowest BCUT2D eigenvalue weighted by molar-refractivity contribution is 0.0600. The topological polar surface area (TPSA) is 82.8 Å². The maximum absolute atomic E-state index is 11.7. The van der Waals surface area contributed by atoms with Crippen molar-refractivity contribution in [3.63, 3.8) is 0 Å². The van der Waals surface area contributed by atoms with Crippen molar-refractivity contribution in [3.8, 4) is 11.8 Å². The summed E-state index contributed by atoms with van der Waals surface area (Å²) < 4.78 is 10.0. The summed E-state index contributed by atoms with van der Waals surface area (Å²) in [5, 5.41) is 19.9. The zero-order valence-electron chi connectivity index (χ0n) is 16.6. The Hall–Kier alpha value is -3.30. The number of carbonyl (C=O) groups is 1. The van der Waals surface area contributed by atoms with Crippen LogP contribution in [-0.4, -0.2) is 49.4 Å². The van der Waals surface area contributed by atoms with Gasteiger partial charge in [-0.15, -0.1) is 0 Å². The minimum Gasteiger partial charge on any atom is -0.497 e. The molecule has 0 aliphatic carbocycles. The van der Waals surface area contributed by atoms with Crippen molar-refractivity contribution in [1.29, 1.82) is 5.26 Å². The van der Waals surface area contributed by atoms with Crippen LogP contribution in [0.25, 0.3) is 11.3 Å². The summed E-state index contributed by atoms with van der Waals surface area (Å²) in [5.41, 5.74) is 3.38. The van der Waals surface area contributed by atoms with E-state index < -0.39 is 5.97 Å². The lowest BCUT2D eigenvalue weighted by Gasteiger charge is -2.34. The summed E-state index contributed by atoms with van der Waals surface area (Å²) in [7, 11) is 2.95. The minimum atomic E-state index is -0.417. The first-order valence-electron chi connectivity index (χ1n) is 9.48. The van der Waals surface area contributed by atoms with E-state index in [1.54, 1.807) is 31.4 Å². The lowest BCUT2D eigenvalue weighted by Crippen LogP contribution is -2.35. The fraction of sp³-hybridized carbons (Fsp3) is 0.304. The Morgan fingerprint density at radius 1 is 1.00 bits per heavy atom. The fourth-order valence-corrected chi connectivity index (χ4v) is 3.47. The van der Waals surface area contributed by atoms with Gasteiger partial charge in [-0.1, -0.05) is 12.1 Å². The van der Waals surface area contributed by atoms with Crippen molar-refractivity contribution in [3.05, 3.63) is 65.2 Å². The highest BCUT2D eigenvalue weighted by atomic mass is 16.5. The Labute approximate surface area is 170 Å². The van der Waals surface area contributed by atoms with Gasteiger partial charge in [0.25, 0.3) is 0 Å². The average Bonchev–Trinajstić information content (AvgIpc) is 2.78. The van der Waals surface area contributed by atoms with Gasteiger partial charge in [0.05, 0.1) is 37.2 Å². The van der Waals surface area contributed by atoms with Crippen molar-refractivity contribution < 1.29 is 19.4 Å². The predicted octanol–water partition coefficient (Wildman–Crippen LogP) is 3.33. The van der Waals surface area contributed by atoms with Crippen LogP contribution >= 0.6 is 0 Å². The van der Waals surface area contributed by atoms with E-state index in [1.165, 1.54) is 7.11 Å². The smallest absolute Gasteiger partial charge is 0.337 e. The molecule has 1 heterocycles. The Balaban J connectivity index is 2.08. The molecule has 1 saturated heterocycles. The summed E-state index contributed by atoms with van der Waals surface area (Å²) >= 11 is 0. The van der Waals surface area contributed by atoms with Gasteiger partial charge in [-0.05, 0) is 60.4 Å². The summed E-state index contributed by atoms with van der Waals surface area (Å²) in [5.74, 6) is 0.322. The van der Waals surface area contributed by atoms with Crippen LogP contribution in [-0.2, 0) is 4.74 Å². The maximum Gasteiger partial charge on any atom is 0.337 e. The van der Waals surface area contributed by atoms with E-state index in [0.717, 1.165) is 22.6 Å². The maximum atomic E-state index is 11.7. The Morgan fingerprint density at radius 3 is 2.07 bits per heavy atom. The third kappa shape index (κ3) is 4.58. The highest BCUT2D eigenvalue weighted by molar-refractivity contribution is 5.97. The molecule has 1 aliphatic heterocycles. The van der Waals surface area contributed by atoms with Crippen LogP contribution in [0.1, 0.15) is 34.3 Å². The first kappa shape index (κ1) is 20.4. The third-order valence-electron chi connectivity index (χ3n) is 5.09. The molecule has 2 aromatic rings. The Bertz CT molecular complexity index is 919. The average molecular weight is 392 g/mol. The number of benzene rings is 2. The molecule has 150 valence electrons. The first-order chi connectivity index (χ1) is 14.1. The van der Waals surface area contributed by atoms with Crippen molar-refractivity contribution in [2.45, 2.75) is 18.9 Å². The molecular formula is C23H24N2O4. The second-order valence-electron chi connectivity index (χ2n) is 6.85. The fourth-order valence-electron chi connectivity index (χ4n) is 3.47. The van der Waals surface area contributed by atoms with Gasteiger partial charge in [0, 0.05) is 13.1 Å². The van der Waals surface area contributed by atoms with Crippen LogP contribution < -0.4 is 4.74 Å². The molecule has 1 aliphatic rings. The molecule has 3 rings (SSSR count). The minimum absolute atomic E-state index is 0.312. The van der Waals surface area contributed by atoms with Crippen molar-refractivity contribution in [1.82, 2.24) is 4.90 Å². The number of rotatable bonds is 5. The van der Waals surface area contributed by atoms with Gasteiger partial charge in [0.15, 0.2) is 0 Å². The molecule has 0 atom stereocenters. The number of carbonyl (C=O) groups excluding carboxylic acids is 1. The molecule has 0 bridgehead atoms. The molecule has 0 saturated carbocycles. The summed E-state index contributed by atoms with van der Waals surface area (Å²) in [6.45, 7) is 1.32. The second-order valence-corrected chi connectivity index (χ2v) is 6.85. The molecule has 1 fully saturated rings. The molecule has 6 heteroatoms. The largest absolute Gasteiger partial charge is 0.497 e. The van der Waals surface area contributed by atoms with Gasteiger partial charge in [0.2, 0.25) is 0 Å².